The van der Waals surface area contributed by atoms with E-state index < -0.39 is 5.54 Å². The van der Waals surface area contributed by atoms with Gasteiger partial charge in [0.1, 0.15) is 17.5 Å². The molecule has 0 unspecified atom stereocenters. The van der Waals surface area contributed by atoms with Crippen LogP contribution in [0.5, 0.6) is 5.75 Å². The Morgan fingerprint density at radius 2 is 2.17 bits per heavy atom. The second-order valence-corrected chi connectivity index (χ2v) is 7.30. The van der Waals surface area contributed by atoms with Gasteiger partial charge in [0.15, 0.2) is 0 Å². The number of hydrogen-bond donors (Lipinski definition) is 1. The summed E-state index contributed by atoms with van der Waals surface area (Å²) in [6, 6.07) is 7.13. The molecule has 0 aliphatic rings. The largest absolute Gasteiger partial charge is 0.491 e. The number of nitrogens with one attached hydrogen (secondary N) is 1. The number of pyridine rings is 2. The summed E-state index contributed by atoms with van der Waals surface area (Å²) >= 11 is 7.39. The molecule has 3 rings (SSSR count). The number of nitrogens with zero attached hydrogens (tertiary/aromatic N) is 2. The van der Waals surface area contributed by atoms with Crippen molar-refractivity contribution in [1.82, 2.24) is 15.3 Å². The summed E-state index contributed by atoms with van der Waals surface area (Å²) in [5, 5.41) is 5.29. The van der Waals surface area contributed by atoms with E-state index in [9.17, 15) is 4.79 Å². The summed E-state index contributed by atoms with van der Waals surface area (Å²) in [5.74, 6) is 0.429. The molecule has 7 heteroatoms. The zero-order chi connectivity index (χ0) is 17.2. The van der Waals surface area contributed by atoms with E-state index in [2.05, 4.69) is 15.3 Å². The number of ether oxygens (including phenoxy) is 1. The van der Waals surface area contributed by atoms with Crippen molar-refractivity contribution >= 4 is 39.1 Å². The van der Waals surface area contributed by atoms with Crippen molar-refractivity contribution in [2.45, 2.75) is 19.4 Å². The molecule has 0 aliphatic heterocycles. The highest BCUT2D eigenvalue weighted by atomic mass is 35.5. The molecule has 24 heavy (non-hydrogen) atoms. The van der Waals surface area contributed by atoms with Crippen LogP contribution in [0.15, 0.2) is 42.0 Å². The molecule has 0 aliphatic carbocycles. The van der Waals surface area contributed by atoms with Crippen molar-refractivity contribution in [2.75, 3.05) is 6.61 Å². The third-order valence-electron chi connectivity index (χ3n) is 3.31. The van der Waals surface area contributed by atoms with Crippen LogP contribution in [0.3, 0.4) is 0 Å². The molecule has 0 spiro atoms. The number of amides is 1. The molecule has 1 amide bonds. The number of hydrogen-bond acceptors (Lipinski definition) is 5. The van der Waals surface area contributed by atoms with E-state index >= 15 is 0 Å². The van der Waals surface area contributed by atoms with Crippen molar-refractivity contribution in [3.63, 3.8) is 0 Å². The molecule has 0 bridgehead atoms. The molecule has 0 fully saturated rings. The quantitative estimate of drug-likeness (QED) is 0.699. The Hall–Kier alpha value is -2.18. The van der Waals surface area contributed by atoms with Gasteiger partial charge in [-0.05, 0) is 37.4 Å². The van der Waals surface area contributed by atoms with Crippen molar-refractivity contribution < 1.29 is 9.53 Å². The van der Waals surface area contributed by atoms with E-state index in [1.165, 1.54) is 0 Å². The lowest BCUT2D eigenvalue weighted by Gasteiger charge is -2.26. The molecule has 0 aromatic carbocycles. The van der Waals surface area contributed by atoms with E-state index in [0.29, 0.717) is 23.1 Å². The van der Waals surface area contributed by atoms with Crippen LogP contribution in [0.4, 0.5) is 0 Å². The van der Waals surface area contributed by atoms with Gasteiger partial charge in [0.25, 0.3) is 5.91 Å². The van der Waals surface area contributed by atoms with Crippen LogP contribution >= 0.6 is 22.9 Å². The summed E-state index contributed by atoms with van der Waals surface area (Å²) in [6.45, 7) is 4.09. The minimum atomic E-state index is -0.558. The molecular weight excluding hydrogens is 346 g/mol. The molecule has 3 aromatic heterocycles. The molecule has 0 radical (unpaired) electrons. The molecule has 0 saturated carbocycles. The van der Waals surface area contributed by atoms with E-state index in [1.807, 2.05) is 31.4 Å². The van der Waals surface area contributed by atoms with Crippen LogP contribution in [0.1, 0.15) is 24.2 Å². The van der Waals surface area contributed by atoms with Crippen LogP contribution in [0.25, 0.3) is 10.2 Å². The number of fused-ring (bicyclic) bond motifs is 1. The maximum atomic E-state index is 12.5. The van der Waals surface area contributed by atoms with Crippen LogP contribution < -0.4 is 10.1 Å². The van der Waals surface area contributed by atoms with Gasteiger partial charge in [-0.25, -0.2) is 4.98 Å². The SMILES string of the molecule is CC(C)(COc1ccnc(Cl)c1)NC(=O)c1cnc2ccsc2c1. The highest BCUT2D eigenvalue weighted by Gasteiger charge is 2.23. The lowest BCUT2D eigenvalue weighted by molar-refractivity contribution is 0.0880. The van der Waals surface area contributed by atoms with E-state index in [-0.39, 0.29) is 5.91 Å². The second-order valence-electron chi connectivity index (χ2n) is 5.97. The van der Waals surface area contributed by atoms with Crippen molar-refractivity contribution in [3.05, 3.63) is 52.8 Å². The maximum Gasteiger partial charge on any atom is 0.253 e. The summed E-state index contributed by atoms with van der Waals surface area (Å²) in [7, 11) is 0. The van der Waals surface area contributed by atoms with Crippen LogP contribution in [0, 0.1) is 0 Å². The predicted molar refractivity (Wildman–Crippen MR) is 95.9 cm³/mol. The first kappa shape index (κ1) is 16.7. The third kappa shape index (κ3) is 4.01. The van der Waals surface area contributed by atoms with Gasteiger partial charge in [-0.15, -0.1) is 11.3 Å². The summed E-state index contributed by atoms with van der Waals surface area (Å²) in [4.78, 5) is 20.7. The highest BCUT2D eigenvalue weighted by molar-refractivity contribution is 7.17. The molecule has 1 N–H and O–H groups in total. The fraction of sp³-hybridized carbons (Fsp3) is 0.235. The number of carbonyl (C=O) groups is 1. The number of carbonyl (C=O) groups excluding carboxylic acids is 1. The van der Waals surface area contributed by atoms with Crippen LogP contribution in [0.2, 0.25) is 5.15 Å². The number of rotatable bonds is 5. The maximum absolute atomic E-state index is 12.5. The molecule has 3 aromatic rings. The molecule has 3 heterocycles. The Labute approximate surface area is 148 Å². The molecule has 124 valence electrons. The second kappa shape index (κ2) is 6.75. The normalized spacial score (nSPS) is 11.5. The Balaban J connectivity index is 1.65. The zero-order valence-corrected chi connectivity index (χ0v) is 14.8. The summed E-state index contributed by atoms with van der Waals surface area (Å²) < 4.78 is 6.68. The highest BCUT2D eigenvalue weighted by Crippen LogP contribution is 2.20. The average Bonchev–Trinajstić information content (AvgIpc) is 3.00. The Kier molecular flexibility index (Phi) is 4.69. The van der Waals surface area contributed by atoms with Gasteiger partial charge in [-0.3, -0.25) is 9.78 Å². The topological polar surface area (TPSA) is 64.1 Å². The van der Waals surface area contributed by atoms with Gasteiger partial charge in [-0.2, -0.15) is 0 Å². The standard InChI is InChI=1S/C17H16ClN3O2S/c1-17(2,10-23-12-3-5-19-15(18)8-12)21-16(22)11-7-14-13(20-9-11)4-6-24-14/h3-9H,10H2,1-2H3,(H,21,22). The van der Waals surface area contributed by atoms with Crippen molar-refractivity contribution in [1.29, 1.82) is 0 Å². The Bertz CT molecular complexity index is 879. The minimum Gasteiger partial charge on any atom is -0.491 e. The lowest BCUT2D eigenvalue weighted by Crippen LogP contribution is -2.47. The van der Waals surface area contributed by atoms with E-state index in [1.54, 1.807) is 35.9 Å². The Morgan fingerprint density at radius 1 is 1.33 bits per heavy atom. The molecule has 5 nitrogen and oxygen atoms in total. The van der Waals surface area contributed by atoms with Gasteiger partial charge < -0.3 is 10.1 Å². The van der Waals surface area contributed by atoms with Crippen LogP contribution in [-0.2, 0) is 0 Å². The average molecular weight is 362 g/mol. The monoisotopic (exact) mass is 361 g/mol. The summed E-state index contributed by atoms with van der Waals surface area (Å²) in [5.41, 5.74) is 0.871. The third-order valence-corrected chi connectivity index (χ3v) is 4.37. The van der Waals surface area contributed by atoms with Crippen LogP contribution in [-0.4, -0.2) is 28.0 Å². The van der Waals surface area contributed by atoms with Gasteiger partial charge in [0.2, 0.25) is 0 Å². The molecule has 0 atom stereocenters. The van der Waals surface area contributed by atoms with E-state index in [4.69, 9.17) is 16.3 Å². The molecular formula is C17H16ClN3O2S. The van der Waals surface area contributed by atoms with Gasteiger partial charge >= 0.3 is 0 Å². The fourth-order valence-electron chi connectivity index (χ4n) is 2.12. The lowest BCUT2D eigenvalue weighted by atomic mass is 10.1. The number of aromatic nitrogens is 2. The summed E-state index contributed by atoms with van der Waals surface area (Å²) in [6.07, 6.45) is 3.16. The number of halogens is 1. The van der Waals surface area contributed by atoms with Gasteiger partial charge in [0.05, 0.1) is 21.3 Å². The van der Waals surface area contributed by atoms with Gasteiger partial charge in [-0.1, -0.05) is 11.6 Å². The first-order chi connectivity index (χ1) is 11.4. The number of thiophene rings is 1. The minimum absolute atomic E-state index is 0.181. The van der Waals surface area contributed by atoms with Gasteiger partial charge in [0, 0.05) is 18.5 Å². The first-order valence-electron chi connectivity index (χ1n) is 7.33. The zero-order valence-electron chi connectivity index (χ0n) is 13.2. The van der Waals surface area contributed by atoms with Crippen molar-refractivity contribution in [2.24, 2.45) is 0 Å². The smallest absolute Gasteiger partial charge is 0.253 e. The first-order valence-corrected chi connectivity index (χ1v) is 8.59. The predicted octanol–water partition coefficient (Wildman–Crippen LogP) is 3.93. The van der Waals surface area contributed by atoms with Crippen molar-refractivity contribution in [3.8, 4) is 5.75 Å². The molecule has 0 saturated heterocycles. The van der Waals surface area contributed by atoms with E-state index in [0.717, 1.165) is 10.2 Å². The fourth-order valence-corrected chi connectivity index (χ4v) is 3.07. The Morgan fingerprint density at radius 3 is 2.96 bits per heavy atom.